The number of halogens is 1. The SMILES string of the molecule is O=C(O)c1cnn(-c2ccccc2)c1OCCF. The fourth-order valence-corrected chi connectivity index (χ4v) is 1.51. The lowest BCUT2D eigenvalue weighted by molar-refractivity contribution is 0.0691. The van der Waals surface area contributed by atoms with Crippen molar-refractivity contribution in [1.82, 2.24) is 9.78 Å². The third kappa shape index (κ3) is 2.32. The summed E-state index contributed by atoms with van der Waals surface area (Å²) in [5.74, 6) is -1.13. The number of aromatic nitrogens is 2. The summed E-state index contributed by atoms with van der Waals surface area (Å²) >= 11 is 0. The molecule has 0 saturated carbocycles. The zero-order valence-corrected chi connectivity index (χ0v) is 9.41. The van der Waals surface area contributed by atoms with Gasteiger partial charge in [-0.1, -0.05) is 18.2 Å². The molecule has 0 unspecified atom stereocenters. The number of para-hydroxylation sites is 1. The minimum Gasteiger partial charge on any atom is -0.477 e. The van der Waals surface area contributed by atoms with Crippen molar-refractivity contribution >= 4 is 5.97 Å². The van der Waals surface area contributed by atoms with Gasteiger partial charge in [-0.15, -0.1) is 0 Å². The molecule has 0 spiro atoms. The first-order chi connectivity index (χ1) is 8.74. The highest BCUT2D eigenvalue weighted by Crippen LogP contribution is 2.22. The monoisotopic (exact) mass is 250 g/mol. The maximum atomic E-state index is 12.1. The van der Waals surface area contributed by atoms with Crippen molar-refractivity contribution in [2.45, 2.75) is 0 Å². The Morgan fingerprint density at radius 3 is 2.72 bits per heavy atom. The predicted octanol–water partition coefficient (Wildman–Crippen LogP) is 1.92. The molecule has 0 atom stereocenters. The van der Waals surface area contributed by atoms with Gasteiger partial charge in [0.2, 0.25) is 5.88 Å². The molecule has 6 heteroatoms. The number of carboxylic acid groups (broad SMARTS) is 1. The molecule has 1 aromatic carbocycles. The second-order valence-corrected chi connectivity index (χ2v) is 3.45. The van der Waals surface area contributed by atoms with Crippen LogP contribution in [0.25, 0.3) is 5.69 Å². The lowest BCUT2D eigenvalue weighted by Crippen LogP contribution is -2.08. The Labute approximate surface area is 102 Å². The van der Waals surface area contributed by atoms with Crippen LogP contribution >= 0.6 is 0 Å². The molecule has 1 aromatic heterocycles. The Kier molecular flexibility index (Phi) is 3.57. The zero-order chi connectivity index (χ0) is 13.0. The lowest BCUT2D eigenvalue weighted by atomic mass is 10.3. The minimum atomic E-state index is -1.16. The van der Waals surface area contributed by atoms with Crippen molar-refractivity contribution in [3.8, 4) is 11.6 Å². The van der Waals surface area contributed by atoms with Gasteiger partial charge in [-0.25, -0.2) is 13.9 Å². The topological polar surface area (TPSA) is 64.3 Å². The first kappa shape index (κ1) is 12.1. The number of ether oxygens (including phenoxy) is 1. The molecule has 1 heterocycles. The van der Waals surface area contributed by atoms with E-state index in [1.54, 1.807) is 24.3 Å². The van der Waals surface area contributed by atoms with E-state index in [-0.39, 0.29) is 18.1 Å². The Morgan fingerprint density at radius 1 is 1.39 bits per heavy atom. The molecule has 0 bridgehead atoms. The van der Waals surface area contributed by atoms with Crippen LogP contribution in [0.2, 0.25) is 0 Å². The number of rotatable bonds is 5. The molecule has 1 N–H and O–H groups in total. The molecule has 0 aliphatic rings. The standard InChI is InChI=1S/C12H11FN2O3/c13-6-7-18-11-10(12(16)17)8-14-15(11)9-4-2-1-3-5-9/h1-5,8H,6-7H2,(H,16,17). The van der Waals surface area contributed by atoms with Crippen molar-refractivity contribution < 1.29 is 19.0 Å². The van der Waals surface area contributed by atoms with E-state index in [0.717, 1.165) is 0 Å². The summed E-state index contributed by atoms with van der Waals surface area (Å²) in [5.41, 5.74) is 0.561. The Balaban J connectivity index is 2.44. The number of benzene rings is 1. The molecule has 0 aliphatic carbocycles. The first-order valence-electron chi connectivity index (χ1n) is 5.29. The number of alkyl halides is 1. The predicted molar refractivity (Wildman–Crippen MR) is 62.0 cm³/mol. The van der Waals surface area contributed by atoms with E-state index in [0.29, 0.717) is 5.69 Å². The average molecular weight is 250 g/mol. The zero-order valence-electron chi connectivity index (χ0n) is 9.41. The van der Waals surface area contributed by atoms with Crippen molar-refractivity contribution in [2.75, 3.05) is 13.3 Å². The van der Waals surface area contributed by atoms with E-state index in [9.17, 15) is 9.18 Å². The van der Waals surface area contributed by atoms with Gasteiger partial charge < -0.3 is 9.84 Å². The number of nitrogens with zero attached hydrogens (tertiary/aromatic N) is 2. The van der Waals surface area contributed by atoms with Crippen LogP contribution in [-0.4, -0.2) is 34.1 Å². The normalized spacial score (nSPS) is 10.3. The van der Waals surface area contributed by atoms with E-state index in [2.05, 4.69) is 5.10 Å². The van der Waals surface area contributed by atoms with Crippen molar-refractivity contribution in [3.63, 3.8) is 0 Å². The molecular weight excluding hydrogens is 239 g/mol. The summed E-state index contributed by atoms with van der Waals surface area (Å²) in [5, 5.41) is 12.9. The summed E-state index contributed by atoms with van der Waals surface area (Å²) in [6.07, 6.45) is 1.18. The van der Waals surface area contributed by atoms with E-state index < -0.39 is 12.6 Å². The van der Waals surface area contributed by atoms with Crippen molar-refractivity contribution in [2.24, 2.45) is 0 Å². The number of carboxylic acids is 1. The van der Waals surface area contributed by atoms with Gasteiger partial charge in [0.05, 0.1) is 11.9 Å². The van der Waals surface area contributed by atoms with Crippen LogP contribution in [-0.2, 0) is 0 Å². The third-order valence-corrected chi connectivity index (χ3v) is 2.27. The second-order valence-electron chi connectivity index (χ2n) is 3.45. The van der Waals surface area contributed by atoms with Gasteiger partial charge in [0, 0.05) is 0 Å². The van der Waals surface area contributed by atoms with Gasteiger partial charge in [-0.05, 0) is 12.1 Å². The first-order valence-corrected chi connectivity index (χ1v) is 5.29. The number of carbonyl (C=O) groups is 1. The van der Waals surface area contributed by atoms with E-state index in [1.807, 2.05) is 6.07 Å². The van der Waals surface area contributed by atoms with E-state index in [4.69, 9.17) is 9.84 Å². The molecule has 2 aromatic rings. The van der Waals surface area contributed by atoms with Crippen molar-refractivity contribution in [1.29, 1.82) is 0 Å². The van der Waals surface area contributed by atoms with Crippen LogP contribution < -0.4 is 4.74 Å². The average Bonchev–Trinajstić information content (AvgIpc) is 2.81. The number of aromatic carboxylic acids is 1. The lowest BCUT2D eigenvalue weighted by Gasteiger charge is -2.08. The minimum absolute atomic E-state index is 0.0337. The number of hydrogen-bond donors (Lipinski definition) is 1. The largest absolute Gasteiger partial charge is 0.477 e. The Bertz CT molecular complexity index is 540. The maximum absolute atomic E-state index is 12.1. The van der Waals surface area contributed by atoms with Crippen LogP contribution in [0.1, 0.15) is 10.4 Å². The maximum Gasteiger partial charge on any atom is 0.342 e. The van der Waals surface area contributed by atoms with Gasteiger partial charge in [-0.2, -0.15) is 5.10 Å². The summed E-state index contributed by atoms with van der Waals surface area (Å²) in [7, 11) is 0. The van der Waals surface area contributed by atoms with Crippen LogP contribution in [0.5, 0.6) is 5.88 Å². The van der Waals surface area contributed by atoms with E-state index in [1.165, 1.54) is 10.9 Å². The summed E-state index contributed by atoms with van der Waals surface area (Å²) in [6, 6.07) is 8.90. The van der Waals surface area contributed by atoms with Gasteiger partial charge >= 0.3 is 5.97 Å². The van der Waals surface area contributed by atoms with Crippen LogP contribution in [0, 0.1) is 0 Å². The molecule has 0 radical (unpaired) electrons. The molecule has 0 saturated heterocycles. The van der Waals surface area contributed by atoms with Crippen LogP contribution in [0.4, 0.5) is 4.39 Å². The number of hydrogen-bond acceptors (Lipinski definition) is 3. The van der Waals surface area contributed by atoms with Crippen LogP contribution in [0.15, 0.2) is 36.5 Å². The van der Waals surface area contributed by atoms with Gasteiger partial charge in [0.1, 0.15) is 18.8 Å². The smallest absolute Gasteiger partial charge is 0.342 e. The van der Waals surface area contributed by atoms with Crippen LogP contribution in [0.3, 0.4) is 0 Å². The Hall–Kier alpha value is -2.37. The van der Waals surface area contributed by atoms with Gasteiger partial charge in [0.15, 0.2) is 0 Å². The molecule has 0 fully saturated rings. The fraction of sp³-hybridized carbons (Fsp3) is 0.167. The summed E-state index contributed by atoms with van der Waals surface area (Å²) < 4.78 is 18.6. The third-order valence-electron chi connectivity index (χ3n) is 2.27. The van der Waals surface area contributed by atoms with Crippen molar-refractivity contribution in [3.05, 3.63) is 42.1 Å². The molecule has 5 nitrogen and oxygen atoms in total. The van der Waals surface area contributed by atoms with Gasteiger partial charge in [-0.3, -0.25) is 0 Å². The Morgan fingerprint density at radius 2 is 2.11 bits per heavy atom. The quantitative estimate of drug-likeness (QED) is 0.880. The molecule has 94 valence electrons. The van der Waals surface area contributed by atoms with Gasteiger partial charge in [0.25, 0.3) is 0 Å². The highest BCUT2D eigenvalue weighted by Gasteiger charge is 2.19. The molecule has 18 heavy (non-hydrogen) atoms. The fourth-order valence-electron chi connectivity index (χ4n) is 1.51. The second kappa shape index (κ2) is 5.31. The molecular formula is C12H11FN2O3. The summed E-state index contributed by atoms with van der Waals surface area (Å²) in [6.45, 7) is -0.905. The molecule has 2 rings (SSSR count). The highest BCUT2D eigenvalue weighted by atomic mass is 19.1. The van der Waals surface area contributed by atoms with E-state index >= 15 is 0 Å². The molecule has 0 aliphatic heterocycles. The molecule has 0 amide bonds. The highest BCUT2D eigenvalue weighted by molar-refractivity contribution is 5.90. The summed E-state index contributed by atoms with van der Waals surface area (Å²) in [4.78, 5) is 11.0.